The predicted octanol–water partition coefficient (Wildman–Crippen LogP) is 4.99. The van der Waals surface area contributed by atoms with Crippen molar-refractivity contribution in [2.45, 2.75) is 44.4 Å². The molecule has 0 saturated heterocycles. The van der Waals surface area contributed by atoms with Gasteiger partial charge in [0, 0.05) is 5.92 Å². The van der Waals surface area contributed by atoms with Gasteiger partial charge in [0.05, 0.1) is 0 Å². The highest BCUT2D eigenvalue weighted by Crippen LogP contribution is 2.49. The Kier molecular flexibility index (Phi) is 2.43. The molecule has 1 unspecified atom stereocenters. The molecule has 1 saturated carbocycles. The molecule has 0 nitrogen and oxygen atoms in total. The summed E-state index contributed by atoms with van der Waals surface area (Å²) in [6.07, 6.45) is 10.9. The molecular weight excluding hydrogens is 216 g/mol. The van der Waals surface area contributed by atoms with Crippen LogP contribution in [0.5, 0.6) is 0 Å². The van der Waals surface area contributed by atoms with E-state index in [1.165, 1.54) is 44.1 Å². The van der Waals surface area contributed by atoms with E-state index < -0.39 is 0 Å². The second kappa shape index (κ2) is 4.12. The van der Waals surface area contributed by atoms with Crippen molar-refractivity contribution in [1.82, 2.24) is 0 Å². The van der Waals surface area contributed by atoms with E-state index in [2.05, 4.69) is 36.4 Å². The summed E-state index contributed by atoms with van der Waals surface area (Å²) in [5.74, 6) is 1.64. The molecule has 18 heavy (non-hydrogen) atoms. The summed E-state index contributed by atoms with van der Waals surface area (Å²) in [7, 11) is 0. The molecule has 0 heterocycles. The summed E-state index contributed by atoms with van der Waals surface area (Å²) in [6.45, 7) is 0. The molecule has 0 N–H and O–H groups in total. The molecule has 1 aromatic carbocycles. The second-order valence-corrected chi connectivity index (χ2v) is 6.08. The van der Waals surface area contributed by atoms with Gasteiger partial charge >= 0.3 is 0 Å². The minimum absolute atomic E-state index is 0.686. The molecule has 0 bridgehead atoms. The zero-order chi connectivity index (χ0) is 11.9. The van der Waals surface area contributed by atoms with Crippen molar-refractivity contribution >= 4 is 0 Å². The fraction of sp³-hybridized carbons (Fsp3) is 0.444. The SMILES string of the molecule is C1=C(C2CC2)CC2=C1C(c1ccccc1)CCC2. The number of allylic oxidation sites excluding steroid dienone is 4. The van der Waals surface area contributed by atoms with Gasteiger partial charge in [-0.05, 0) is 55.6 Å². The first-order chi connectivity index (χ1) is 8.92. The van der Waals surface area contributed by atoms with E-state index >= 15 is 0 Å². The molecule has 3 aliphatic carbocycles. The molecule has 4 rings (SSSR count). The number of hydrogen-bond acceptors (Lipinski definition) is 0. The molecule has 1 atom stereocenters. The van der Waals surface area contributed by atoms with Crippen LogP contribution >= 0.6 is 0 Å². The van der Waals surface area contributed by atoms with Crippen LogP contribution in [0.4, 0.5) is 0 Å². The fourth-order valence-corrected chi connectivity index (χ4v) is 3.70. The van der Waals surface area contributed by atoms with Crippen LogP contribution in [0.3, 0.4) is 0 Å². The van der Waals surface area contributed by atoms with Crippen LogP contribution in [-0.4, -0.2) is 0 Å². The maximum absolute atomic E-state index is 2.57. The van der Waals surface area contributed by atoms with Crippen molar-refractivity contribution in [2.24, 2.45) is 5.92 Å². The van der Waals surface area contributed by atoms with Gasteiger partial charge in [0.2, 0.25) is 0 Å². The smallest absolute Gasteiger partial charge is 0.00891 e. The zero-order valence-electron chi connectivity index (χ0n) is 10.9. The summed E-state index contributed by atoms with van der Waals surface area (Å²) in [4.78, 5) is 0. The van der Waals surface area contributed by atoms with E-state index in [0.717, 1.165) is 5.92 Å². The summed E-state index contributed by atoms with van der Waals surface area (Å²) in [5.41, 5.74) is 6.73. The van der Waals surface area contributed by atoms with Gasteiger partial charge in [-0.3, -0.25) is 0 Å². The summed E-state index contributed by atoms with van der Waals surface area (Å²) in [5, 5.41) is 0. The maximum Gasteiger partial charge on any atom is 0.00891 e. The second-order valence-electron chi connectivity index (χ2n) is 6.08. The quantitative estimate of drug-likeness (QED) is 0.678. The van der Waals surface area contributed by atoms with Crippen LogP contribution in [0.25, 0.3) is 0 Å². The fourth-order valence-electron chi connectivity index (χ4n) is 3.70. The van der Waals surface area contributed by atoms with Crippen molar-refractivity contribution < 1.29 is 0 Å². The first kappa shape index (κ1) is 10.6. The average Bonchev–Trinajstić information content (AvgIpc) is 3.18. The van der Waals surface area contributed by atoms with Crippen LogP contribution in [0.1, 0.15) is 50.0 Å². The number of hydrogen-bond donors (Lipinski definition) is 0. The molecule has 1 aromatic rings. The van der Waals surface area contributed by atoms with Crippen LogP contribution in [0.15, 0.2) is 53.1 Å². The van der Waals surface area contributed by atoms with Crippen LogP contribution in [-0.2, 0) is 0 Å². The van der Waals surface area contributed by atoms with Gasteiger partial charge in [-0.2, -0.15) is 0 Å². The Labute approximate surface area is 109 Å². The van der Waals surface area contributed by atoms with Crippen molar-refractivity contribution in [3.8, 4) is 0 Å². The monoisotopic (exact) mass is 236 g/mol. The molecule has 3 aliphatic rings. The summed E-state index contributed by atoms with van der Waals surface area (Å²) in [6, 6.07) is 11.1. The standard InChI is InChI=1S/C18H20/c1-2-5-14(6-3-1)17-8-4-7-15-11-16(12-18(15)17)13-9-10-13/h1-3,5-6,12-13,17H,4,7-11H2. The normalized spacial score (nSPS) is 27.1. The van der Waals surface area contributed by atoms with Crippen LogP contribution in [0.2, 0.25) is 0 Å². The van der Waals surface area contributed by atoms with Crippen molar-refractivity contribution in [3.63, 3.8) is 0 Å². The van der Waals surface area contributed by atoms with Crippen molar-refractivity contribution in [1.29, 1.82) is 0 Å². The lowest BCUT2D eigenvalue weighted by atomic mass is 9.80. The van der Waals surface area contributed by atoms with E-state index in [1.807, 2.05) is 0 Å². The number of rotatable bonds is 2. The molecule has 0 spiro atoms. The van der Waals surface area contributed by atoms with Crippen LogP contribution in [0, 0.1) is 5.92 Å². The van der Waals surface area contributed by atoms with Crippen molar-refractivity contribution in [2.75, 3.05) is 0 Å². The molecule has 92 valence electrons. The van der Waals surface area contributed by atoms with E-state index in [9.17, 15) is 0 Å². The summed E-state index contributed by atoms with van der Waals surface area (Å²) >= 11 is 0. The first-order valence-corrected chi connectivity index (χ1v) is 7.39. The molecule has 0 radical (unpaired) electrons. The van der Waals surface area contributed by atoms with Gasteiger partial charge in [-0.25, -0.2) is 0 Å². The van der Waals surface area contributed by atoms with Gasteiger partial charge in [-0.15, -0.1) is 0 Å². The number of benzene rings is 1. The molecule has 0 aromatic heterocycles. The minimum atomic E-state index is 0.686. The Balaban J connectivity index is 1.69. The maximum atomic E-state index is 2.57. The topological polar surface area (TPSA) is 0 Å². The van der Waals surface area contributed by atoms with Crippen molar-refractivity contribution in [3.05, 3.63) is 58.7 Å². The highest BCUT2D eigenvalue weighted by molar-refractivity contribution is 5.48. The van der Waals surface area contributed by atoms with Gasteiger partial charge in [0.1, 0.15) is 0 Å². The lowest BCUT2D eigenvalue weighted by Gasteiger charge is -2.24. The first-order valence-electron chi connectivity index (χ1n) is 7.39. The third-order valence-corrected chi connectivity index (χ3v) is 4.82. The van der Waals surface area contributed by atoms with E-state index in [4.69, 9.17) is 0 Å². The zero-order valence-corrected chi connectivity index (χ0v) is 10.9. The lowest BCUT2D eigenvalue weighted by Crippen LogP contribution is -2.07. The Morgan fingerprint density at radius 1 is 0.944 bits per heavy atom. The summed E-state index contributed by atoms with van der Waals surface area (Å²) < 4.78 is 0. The Morgan fingerprint density at radius 2 is 1.78 bits per heavy atom. The predicted molar refractivity (Wildman–Crippen MR) is 75.5 cm³/mol. The Hall–Kier alpha value is -1.30. The van der Waals surface area contributed by atoms with Gasteiger partial charge in [0.25, 0.3) is 0 Å². The third-order valence-electron chi connectivity index (χ3n) is 4.82. The van der Waals surface area contributed by atoms with E-state index in [0.29, 0.717) is 5.92 Å². The molecule has 1 fully saturated rings. The Bertz CT molecular complexity index is 514. The van der Waals surface area contributed by atoms with Crippen LogP contribution < -0.4 is 0 Å². The molecule has 0 aliphatic heterocycles. The minimum Gasteiger partial charge on any atom is -0.0627 e. The third kappa shape index (κ3) is 1.75. The van der Waals surface area contributed by atoms with Gasteiger partial charge in [0.15, 0.2) is 0 Å². The lowest BCUT2D eigenvalue weighted by molar-refractivity contribution is 0.611. The molecule has 0 amide bonds. The van der Waals surface area contributed by atoms with E-state index in [-0.39, 0.29) is 0 Å². The van der Waals surface area contributed by atoms with Gasteiger partial charge < -0.3 is 0 Å². The molecular formula is C18H20. The largest absolute Gasteiger partial charge is 0.0627 e. The highest BCUT2D eigenvalue weighted by atomic mass is 14.4. The van der Waals surface area contributed by atoms with Gasteiger partial charge in [-0.1, -0.05) is 47.6 Å². The highest BCUT2D eigenvalue weighted by Gasteiger charge is 2.33. The van der Waals surface area contributed by atoms with E-state index in [1.54, 1.807) is 16.7 Å². The molecule has 0 heteroatoms. The Morgan fingerprint density at radius 3 is 2.56 bits per heavy atom. The average molecular weight is 236 g/mol.